The van der Waals surface area contributed by atoms with Crippen molar-refractivity contribution in [2.24, 2.45) is 0 Å². The summed E-state index contributed by atoms with van der Waals surface area (Å²) in [7, 11) is 3.57. The molecular weight excluding hydrogens is 569 g/mol. The van der Waals surface area contributed by atoms with Crippen LogP contribution in [0.3, 0.4) is 0 Å². The fourth-order valence-corrected chi connectivity index (χ4v) is 7.18. The van der Waals surface area contributed by atoms with Crippen molar-refractivity contribution in [3.05, 3.63) is 58.2 Å². The average Bonchev–Trinajstić information content (AvgIpc) is 3.76. The van der Waals surface area contributed by atoms with Gasteiger partial charge in [0, 0.05) is 67.5 Å². The number of morpholine rings is 1. The topological polar surface area (TPSA) is 88.7 Å². The number of carbonyl (C=O) groups is 1. The minimum absolute atomic E-state index is 0.0158. The van der Waals surface area contributed by atoms with Crippen LogP contribution in [-0.2, 0) is 4.74 Å². The number of carbonyl (C=O) groups excluding carboxylic acids is 1. The Morgan fingerprint density at radius 2 is 1.88 bits per heavy atom. The number of fused-ring (bicyclic) bond motifs is 2. The smallest absolute Gasteiger partial charge is 0.270 e. The van der Waals surface area contributed by atoms with E-state index in [4.69, 9.17) is 26.4 Å². The van der Waals surface area contributed by atoms with Crippen molar-refractivity contribution < 1.29 is 13.9 Å². The number of ether oxygens (including phenoxy) is 1. The second-order valence-electron chi connectivity index (χ2n) is 11.1. The molecule has 0 atom stereocenters. The van der Waals surface area contributed by atoms with Gasteiger partial charge in [-0.05, 0) is 36.6 Å². The van der Waals surface area contributed by atoms with E-state index in [1.54, 1.807) is 36.5 Å². The summed E-state index contributed by atoms with van der Waals surface area (Å²) < 4.78 is 15.8. The molecule has 0 spiro atoms. The van der Waals surface area contributed by atoms with Crippen molar-refractivity contribution in [2.45, 2.75) is 31.7 Å². The first kappa shape index (κ1) is 27.1. The van der Waals surface area contributed by atoms with Crippen LogP contribution >= 0.6 is 23.6 Å². The number of hydrogen-bond acceptors (Lipinski definition) is 9. The zero-order chi connectivity index (χ0) is 28.8. The van der Waals surface area contributed by atoms with E-state index in [2.05, 4.69) is 37.3 Å². The van der Waals surface area contributed by atoms with Crippen LogP contribution < -0.4 is 10.2 Å². The molecule has 4 aromatic heterocycles. The van der Waals surface area contributed by atoms with Crippen LogP contribution in [0.15, 0.2) is 52.4 Å². The number of aromatic nitrogens is 3. The van der Waals surface area contributed by atoms with Crippen molar-refractivity contribution in [3.8, 4) is 11.1 Å². The van der Waals surface area contributed by atoms with Crippen molar-refractivity contribution >= 4 is 68.3 Å². The second kappa shape index (κ2) is 11.1. The molecule has 1 aromatic carbocycles. The van der Waals surface area contributed by atoms with E-state index in [1.165, 1.54) is 0 Å². The Hall–Kier alpha value is -3.80. The van der Waals surface area contributed by atoms with Gasteiger partial charge in [0.2, 0.25) is 5.95 Å². The third kappa shape index (κ3) is 4.95. The maximum absolute atomic E-state index is 13.0. The lowest BCUT2D eigenvalue weighted by Gasteiger charge is -2.27. The van der Waals surface area contributed by atoms with Crippen molar-refractivity contribution in [2.75, 3.05) is 50.6 Å². The molecule has 0 bridgehead atoms. The normalized spacial score (nSPS) is 16.0. The van der Waals surface area contributed by atoms with Crippen LogP contribution in [0, 0.1) is 4.51 Å². The molecule has 1 saturated carbocycles. The highest BCUT2D eigenvalue weighted by atomic mass is 32.1. The Balaban J connectivity index is 1.18. The molecule has 11 heteroatoms. The molecule has 1 aliphatic carbocycles. The summed E-state index contributed by atoms with van der Waals surface area (Å²) in [5.74, 6) is 1.27. The van der Waals surface area contributed by atoms with Crippen LogP contribution in [0.4, 0.5) is 17.5 Å². The van der Waals surface area contributed by atoms with E-state index in [9.17, 15) is 4.79 Å². The van der Waals surface area contributed by atoms with E-state index in [0.717, 1.165) is 87.3 Å². The fourth-order valence-electron chi connectivity index (χ4n) is 5.93. The number of amides is 1. The highest BCUT2D eigenvalue weighted by molar-refractivity contribution is 7.72. The molecule has 0 radical (unpaired) electrons. The van der Waals surface area contributed by atoms with E-state index in [0.29, 0.717) is 24.9 Å². The number of benzene rings is 1. The van der Waals surface area contributed by atoms with Gasteiger partial charge >= 0.3 is 0 Å². The van der Waals surface area contributed by atoms with E-state index in [-0.39, 0.29) is 11.9 Å². The summed E-state index contributed by atoms with van der Waals surface area (Å²) in [6, 6.07) is 12.3. The molecule has 42 heavy (non-hydrogen) atoms. The molecule has 5 heterocycles. The number of nitrogens with one attached hydrogen (secondary N) is 1. The Morgan fingerprint density at radius 1 is 1.12 bits per heavy atom. The first-order valence-electron chi connectivity index (χ1n) is 14.3. The largest absolute Gasteiger partial charge is 0.439 e. The second-order valence-corrected chi connectivity index (χ2v) is 12.4. The lowest BCUT2D eigenvalue weighted by molar-refractivity contribution is 0.0815. The minimum atomic E-state index is -0.0158. The third-order valence-corrected chi connectivity index (χ3v) is 9.54. The summed E-state index contributed by atoms with van der Waals surface area (Å²) in [6.45, 7) is 2.94. The summed E-state index contributed by atoms with van der Waals surface area (Å²) in [5, 5.41) is 6.34. The molecule has 216 valence electrons. The molecule has 1 aliphatic heterocycles. The monoisotopic (exact) mass is 600 g/mol. The molecule has 2 aliphatic rings. The van der Waals surface area contributed by atoms with Gasteiger partial charge in [0.15, 0.2) is 11.5 Å². The van der Waals surface area contributed by atoms with Crippen LogP contribution in [0.1, 0.15) is 42.2 Å². The number of hydrogen-bond donors (Lipinski definition) is 1. The predicted molar refractivity (Wildman–Crippen MR) is 170 cm³/mol. The molecule has 7 rings (SSSR count). The molecule has 5 aromatic rings. The molecule has 1 amide bonds. The molecule has 0 unspecified atom stereocenters. The Kier molecular flexibility index (Phi) is 7.17. The Bertz CT molecular complexity index is 1830. The number of anilines is 3. The maximum Gasteiger partial charge on any atom is 0.270 e. The number of thiophene rings is 1. The zero-order valence-corrected chi connectivity index (χ0v) is 25.3. The molecule has 1 saturated heterocycles. The standard InChI is InChI=1S/C31H32N6O3S2/c1-35(2)30(38)24-15-20-17-32-31(34-29(20)37(24)22-5-3-4-6-22)33-21-9-7-19(8-10-21)23-18-42-28-25(41)16-26(40-27(23)28)36-11-13-39-14-12-36/h7-10,15-18,22H,3-6,11-14H2,1-2H3,(H,32,33,34). The molecule has 2 fully saturated rings. The van der Waals surface area contributed by atoms with Crippen molar-refractivity contribution in [3.63, 3.8) is 0 Å². The van der Waals surface area contributed by atoms with E-state index < -0.39 is 0 Å². The van der Waals surface area contributed by atoms with Gasteiger partial charge in [-0.2, -0.15) is 4.98 Å². The van der Waals surface area contributed by atoms with Crippen molar-refractivity contribution in [1.82, 2.24) is 19.4 Å². The van der Waals surface area contributed by atoms with Crippen molar-refractivity contribution in [1.29, 1.82) is 0 Å². The molecular formula is C31H32N6O3S2. The lowest BCUT2D eigenvalue weighted by atomic mass is 10.1. The lowest BCUT2D eigenvalue weighted by Crippen LogP contribution is -2.36. The van der Waals surface area contributed by atoms with Gasteiger partial charge in [0.1, 0.15) is 11.3 Å². The SMILES string of the molecule is CN(C)C(=O)c1cc2cnc(Nc3ccc(-c4csc5c(=S)cc(N6CCOCC6)oc45)cc3)nc2n1C1CCCC1. The van der Waals surface area contributed by atoms with Crippen LogP contribution in [-0.4, -0.2) is 65.7 Å². The first-order chi connectivity index (χ1) is 20.5. The fraction of sp³-hybridized carbons (Fsp3) is 0.355. The van der Waals surface area contributed by atoms with Gasteiger partial charge in [-0.3, -0.25) is 4.79 Å². The highest BCUT2D eigenvalue weighted by Crippen LogP contribution is 2.38. The van der Waals surface area contributed by atoms with Gasteiger partial charge in [0.05, 0.1) is 22.4 Å². The predicted octanol–water partition coefficient (Wildman–Crippen LogP) is 7.03. The zero-order valence-electron chi connectivity index (χ0n) is 23.6. The summed E-state index contributed by atoms with van der Waals surface area (Å²) in [4.78, 5) is 26.3. The Labute approximate surface area is 252 Å². The summed E-state index contributed by atoms with van der Waals surface area (Å²) in [6.07, 6.45) is 6.23. The van der Waals surface area contributed by atoms with Crippen LogP contribution in [0.2, 0.25) is 0 Å². The van der Waals surface area contributed by atoms with Gasteiger partial charge in [-0.15, -0.1) is 11.3 Å². The van der Waals surface area contributed by atoms with E-state index >= 15 is 0 Å². The van der Waals surface area contributed by atoms with Crippen LogP contribution in [0.5, 0.6) is 0 Å². The maximum atomic E-state index is 13.0. The highest BCUT2D eigenvalue weighted by Gasteiger charge is 2.26. The number of rotatable bonds is 6. The molecule has 9 nitrogen and oxygen atoms in total. The summed E-state index contributed by atoms with van der Waals surface area (Å²) >= 11 is 7.33. The van der Waals surface area contributed by atoms with E-state index in [1.807, 2.05) is 24.3 Å². The van der Waals surface area contributed by atoms with Gasteiger partial charge in [-0.25, -0.2) is 4.98 Å². The summed E-state index contributed by atoms with van der Waals surface area (Å²) in [5.41, 5.74) is 5.22. The quantitative estimate of drug-likeness (QED) is 0.208. The van der Waals surface area contributed by atoms with Crippen LogP contribution in [0.25, 0.3) is 32.4 Å². The third-order valence-electron chi connectivity index (χ3n) is 8.10. The Morgan fingerprint density at radius 3 is 2.62 bits per heavy atom. The first-order valence-corrected chi connectivity index (χ1v) is 15.6. The average molecular weight is 601 g/mol. The van der Waals surface area contributed by atoms with Gasteiger partial charge in [0.25, 0.3) is 5.91 Å². The molecule has 1 N–H and O–H groups in total. The van der Waals surface area contributed by atoms with Gasteiger partial charge in [-0.1, -0.05) is 37.2 Å². The minimum Gasteiger partial charge on any atom is -0.439 e. The van der Waals surface area contributed by atoms with Gasteiger partial charge < -0.3 is 28.8 Å². The number of nitrogens with zero attached hydrogens (tertiary/aromatic N) is 5.